The van der Waals surface area contributed by atoms with Crippen molar-refractivity contribution < 1.29 is 4.39 Å². The Kier molecular flexibility index (Phi) is 4.20. The second-order valence-corrected chi connectivity index (χ2v) is 6.03. The zero-order valence-electron chi connectivity index (χ0n) is 14.0. The molecule has 2 aromatic heterocycles. The number of benzene rings is 2. The van der Waals surface area contributed by atoms with E-state index in [0.29, 0.717) is 28.7 Å². The summed E-state index contributed by atoms with van der Waals surface area (Å²) in [4.78, 5) is 4.21. The molecule has 2 heterocycles. The highest BCUT2D eigenvalue weighted by atomic mass is 19.1. The minimum Gasteiger partial charge on any atom is -0.383 e. The van der Waals surface area contributed by atoms with E-state index in [1.165, 1.54) is 18.3 Å². The topological polar surface area (TPSA) is 66.5 Å². The van der Waals surface area contributed by atoms with Crippen LogP contribution in [0.15, 0.2) is 54.9 Å². The van der Waals surface area contributed by atoms with Crippen LogP contribution < -0.4 is 5.32 Å². The molecule has 0 unspecified atom stereocenters. The van der Waals surface area contributed by atoms with Crippen LogP contribution in [0.1, 0.15) is 12.0 Å². The van der Waals surface area contributed by atoms with Crippen LogP contribution >= 0.6 is 0 Å². The summed E-state index contributed by atoms with van der Waals surface area (Å²) < 4.78 is 15.6. The van der Waals surface area contributed by atoms with Crippen molar-refractivity contribution in [3.8, 4) is 6.07 Å². The molecule has 0 aliphatic carbocycles. The number of nitriles is 1. The maximum Gasteiger partial charge on any atom is 0.124 e. The predicted octanol–water partition coefficient (Wildman–Crippen LogP) is 4.10. The van der Waals surface area contributed by atoms with Gasteiger partial charge in [-0.25, -0.2) is 4.39 Å². The summed E-state index contributed by atoms with van der Waals surface area (Å²) in [6.45, 7) is 1.39. The third-order valence-electron chi connectivity index (χ3n) is 4.35. The Morgan fingerprint density at radius 3 is 2.92 bits per heavy atom. The van der Waals surface area contributed by atoms with E-state index in [-0.39, 0.29) is 5.82 Å². The number of aromatic nitrogens is 3. The molecule has 0 bridgehead atoms. The fourth-order valence-electron chi connectivity index (χ4n) is 3.09. The number of hydrogen-bond acceptors (Lipinski definition) is 4. The first-order valence-electron chi connectivity index (χ1n) is 8.39. The van der Waals surface area contributed by atoms with E-state index in [4.69, 9.17) is 0 Å². The maximum absolute atomic E-state index is 13.6. The molecule has 0 amide bonds. The van der Waals surface area contributed by atoms with Crippen LogP contribution in [0.5, 0.6) is 0 Å². The van der Waals surface area contributed by atoms with Crippen molar-refractivity contribution in [1.29, 1.82) is 5.26 Å². The summed E-state index contributed by atoms with van der Waals surface area (Å²) >= 11 is 0. The predicted molar refractivity (Wildman–Crippen MR) is 99.3 cm³/mol. The Hall–Kier alpha value is -3.46. The van der Waals surface area contributed by atoms with Gasteiger partial charge < -0.3 is 5.32 Å². The molecule has 26 heavy (non-hydrogen) atoms. The summed E-state index contributed by atoms with van der Waals surface area (Å²) in [5.41, 5.74) is 2.79. The smallest absolute Gasteiger partial charge is 0.124 e. The zero-order valence-corrected chi connectivity index (χ0v) is 14.0. The van der Waals surface area contributed by atoms with Gasteiger partial charge in [0.15, 0.2) is 0 Å². The maximum atomic E-state index is 13.6. The summed E-state index contributed by atoms with van der Waals surface area (Å²) in [5, 5.41) is 18.8. The summed E-state index contributed by atoms with van der Waals surface area (Å²) in [7, 11) is 0. The lowest BCUT2D eigenvalue weighted by atomic mass is 10.1. The molecule has 0 atom stereocenters. The number of nitrogens with one attached hydrogen (secondary N) is 1. The number of fused-ring (bicyclic) bond motifs is 2. The van der Waals surface area contributed by atoms with Crippen LogP contribution in [0, 0.1) is 17.1 Å². The molecular weight excluding hydrogens is 329 g/mol. The molecule has 128 valence electrons. The second-order valence-electron chi connectivity index (χ2n) is 6.03. The Labute approximate surface area is 149 Å². The van der Waals surface area contributed by atoms with Crippen molar-refractivity contribution in [2.75, 3.05) is 11.9 Å². The van der Waals surface area contributed by atoms with Crippen LogP contribution in [0.3, 0.4) is 0 Å². The van der Waals surface area contributed by atoms with E-state index >= 15 is 0 Å². The largest absolute Gasteiger partial charge is 0.383 e. The number of nitrogens with zero attached hydrogens (tertiary/aromatic N) is 4. The van der Waals surface area contributed by atoms with Gasteiger partial charge in [-0.05, 0) is 30.7 Å². The number of aryl methyl sites for hydroxylation is 1. The standard InChI is InChI=1S/C20H16FN5/c21-16-6-7-18-17(10-16)20(15(11-22)12-24-18)23-8-3-9-26-19-5-2-1-4-14(19)13-25-26/h1-2,4-7,10,12-13H,3,8-9H2,(H,23,24). The van der Waals surface area contributed by atoms with Crippen molar-refractivity contribution in [3.63, 3.8) is 0 Å². The molecule has 1 N–H and O–H groups in total. The first kappa shape index (κ1) is 16.0. The first-order chi connectivity index (χ1) is 12.8. The molecule has 6 heteroatoms. The molecule has 4 rings (SSSR count). The van der Waals surface area contributed by atoms with Gasteiger partial charge in [0, 0.05) is 30.1 Å². The summed E-state index contributed by atoms with van der Waals surface area (Å²) in [6, 6.07) is 14.6. The van der Waals surface area contributed by atoms with Crippen molar-refractivity contribution in [1.82, 2.24) is 14.8 Å². The Morgan fingerprint density at radius 2 is 2.04 bits per heavy atom. The van der Waals surface area contributed by atoms with Crippen LogP contribution in [0.2, 0.25) is 0 Å². The molecular formula is C20H16FN5. The Morgan fingerprint density at radius 1 is 1.15 bits per heavy atom. The third kappa shape index (κ3) is 2.95. The molecule has 5 nitrogen and oxygen atoms in total. The van der Waals surface area contributed by atoms with Gasteiger partial charge >= 0.3 is 0 Å². The summed E-state index contributed by atoms with van der Waals surface area (Å²) in [6.07, 6.45) is 4.19. The highest BCUT2D eigenvalue weighted by Crippen LogP contribution is 2.26. The van der Waals surface area contributed by atoms with Gasteiger partial charge in [-0.3, -0.25) is 9.67 Å². The fraction of sp³-hybridized carbons (Fsp3) is 0.150. The van der Waals surface area contributed by atoms with Crippen molar-refractivity contribution in [3.05, 3.63) is 66.2 Å². The van der Waals surface area contributed by atoms with E-state index in [9.17, 15) is 9.65 Å². The molecule has 0 saturated carbocycles. The zero-order chi connectivity index (χ0) is 17.9. The lowest BCUT2D eigenvalue weighted by Crippen LogP contribution is -2.09. The van der Waals surface area contributed by atoms with Gasteiger partial charge in [0.05, 0.1) is 28.5 Å². The van der Waals surface area contributed by atoms with Crippen molar-refractivity contribution in [2.45, 2.75) is 13.0 Å². The van der Waals surface area contributed by atoms with Gasteiger partial charge in [0.2, 0.25) is 0 Å². The molecule has 0 radical (unpaired) electrons. The monoisotopic (exact) mass is 345 g/mol. The average Bonchev–Trinajstić information content (AvgIpc) is 3.08. The van der Waals surface area contributed by atoms with Crippen LogP contribution in [-0.2, 0) is 6.54 Å². The number of anilines is 1. The summed E-state index contributed by atoms with van der Waals surface area (Å²) in [5.74, 6) is -0.347. The molecule has 0 fully saturated rings. The van der Waals surface area contributed by atoms with Gasteiger partial charge in [0.1, 0.15) is 11.9 Å². The number of rotatable bonds is 5. The highest BCUT2D eigenvalue weighted by molar-refractivity contribution is 5.93. The van der Waals surface area contributed by atoms with Crippen LogP contribution in [0.25, 0.3) is 21.8 Å². The van der Waals surface area contributed by atoms with Gasteiger partial charge in [-0.15, -0.1) is 0 Å². The lowest BCUT2D eigenvalue weighted by molar-refractivity contribution is 0.610. The first-order valence-corrected chi connectivity index (χ1v) is 8.39. The molecule has 0 spiro atoms. The van der Waals surface area contributed by atoms with Gasteiger partial charge in [-0.1, -0.05) is 18.2 Å². The fourth-order valence-corrected chi connectivity index (χ4v) is 3.09. The van der Waals surface area contributed by atoms with E-state index in [2.05, 4.69) is 21.5 Å². The number of halogens is 1. The van der Waals surface area contributed by atoms with E-state index in [0.717, 1.165) is 23.9 Å². The Balaban J connectivity index is 1.51. The average molecular weight is 345 g/mol. The minimum atomic E-state index is -0.347. The lowest BCUT2D eigenvalue weighted by Gasteiger charge is -2.11. The minimum absolute atomic E-state index is 0.347. The van der Waals surface area contributed by atoms with E-state index < -0.39 is 0 Å². The van der Waals surface area contributed by atoms with Crippen LogP contribution in [0.4, 0.5) is 10.1 Å². The number of pyridine rings is 1. The van der Waals surface area contributed by atoms with Crippen molar-refractivity contribution >= 4 is 27.5 Å². The molecule has 0 aliphatic rings. The van der Waals surface area contributed by atoms with Crippen LogP contribution in [-0.4, -0.2) is 21.3 Å². The molecule has 4 aromatic rings. The molecule has 2 aromatic carbocycles. The number of para-hydroxylation sites is 1. The Bertz CT molecular complexity index is 1130. The van der Waals surface area contributed by atoms with E-state index in [1.807, 2.05) is 35.1 Å². The molecule has 0 aliphatic heterocycles. The van der Waals surface area contributed by atoms with Gasteiger partial charge in [-0.2, -0.15) is 10.4 Å². The second kappa shape index (κ2) is 6.81. The normalized spacial score (nSPS) is 10.9. The number of hydrogen-bond donors (Lipinski definition) is 1. The van der Waals surface area contributed by atoms with Gasteiger partial charge in [0.25, 0.3) is 0 Å². The quantitative estimate of drug-likeness (QED) is 0.553. The third-order valence-corrected chi connectivity index (χ3v) is 4.35. The van der Waals surface area contributed by atoms with Crippen molar-refractivity contribution in [2.24, 2.45) is 0 Å². The molecule has 0 saturated heterocycles. The SMILES string of the molecule is N#Cc1cnc2ccc(F)cc2c1NCCCn1ncc2ccccc21. The highest BCUT2D eigenvalue weighted by Gasteiger charge is 2.09. The van der Waals surface area contributed by atoms with E-state index in [1.54, 1.807) is 6.07 Å².